The van der Waals surface area contributed by atoms with Crippen LogP contribution in [0, 0.1) is 0 Å². The first-order chi connectivity index (χ1) is 17.9. The number of anilines is 1. The third-order valence-electron chi connectivity index (χ3n) is 5.32. The van der Waals surface area contributed by atoms with E-state index in [9.17, 15) is 13.2 Å². The average molecular weight is 526 g/mol. The second kappa shape index (κ2) is 13.3. The molecule has 0 radical (unpaired) electrons. The Hall–Kier alpha value is -4.05. The number of carbonyl (C=O) groups is 1. The second-order valence-electron chi connectivity index (χ2n) is 7.93. The van der Waals surface area contributed by atoms with E-state index in [2.05, 4.69) is 17.5 Å². The van der Waals surface area contributed by atoms with Crippen LogP contribution in [0.25, 0.3) is 0 Å². The Kier molecular flexibility index (Phi) is 9.91. The molecule has 37 heavy (non-hydrogen) atoms. The Bertz CT molecular complexity index is 1300. The zero-order valence-corrected chi connectivity index (χ0v) is 21.9. The predicted molar refractivity (Wildman–Crippen MR) is 143 cm³/mol. The molecule has 1 amide bonds. The third-order valence-corrected chi connectivity index (χ3v) is 7.09. The van der Waals surface area contributed by atoms with Crippen LogP contribution in [-0.4, -0.2) is 47.9 Å². The van der Waals surface area contributed by atoms with Crippen LogP contribution >= 0.6 is 0 Å². The molecule has 3 aromatic carbocycles. The Balaban J connectivity index is 1.74. The quantitative estimate of drug-likeness (QED) is 0.203. The maximum absolute atomic E-state index is 13.6. The van der Waals surface area contributed by atoms with E-state index in [4.69, 9.17) is 14.2 Å². The van der Waals surface area contributed by atoms with Crippen LogP contribution in [0.5, 0.6) is 17.2 Å². The number of rotatable bonds is 13. The van der Waals surface area contributed by atoms with Crippen LogP contribution in [-0.2, 0) is 14.8 Å². The predicted octanol–water partition coefficient (Wildman–Crippen LogP) is 4.23. The van der Waals surface area contributed by atoms with Crippen LogP contribution in [0.15, 0.2) is 82.8 Å². The number of carbonyl (C=O) groups excluding carboxylic acids is 1. The minimum atomic E-state index is -4.13. The van der Waals surface area contributed by atoms with Gasteiger partial charge < -0.3 is 14.2 Å². The maximum atomic E-state index is 13.6. The number of hydrogen-bond donors (Lipinski definition) is 1. The molecule has 0 aliphatic rings. The molecule has 0 fully saturated rings. The number of amides is 1. The average Bonchev–Trinajstić information content (AvgIpc) is 2.92. The summed E-state index contributed by atoms with van der Waals surface area (Å²) in [5.74, 6) is 0.796. The summed E-state index contributed by atoms with van der Waals surface area (Å²) in [5, 5.41) is 3.97. The first kappa shape index (κ1) is 27.5. The SMILES string of the molecule is CCCCOc1ccc(/C=N\NC(=O)CN(c2ccccc2)S(=O)(=O)c2ccc(OC)c(OC)c2)cc1. The van der Waals surface area contributed by atoms with E-state index in [0.29, 0.717) is 18.0 Å². The number of hydrazone groups is 1. The van der Waals surface area contributed by atoms with Gasteiger partial charge in [0.15, 0.2) is 11.5 Å². The van der Waals surface area contributed by atoms with Crippen molar-refractivity contribution >= 4 is 27.8 Å². The van der Waals surface area contributed by atoms with Gasteiger partial charge >= 0.3 is 0 Å². The third kappa shape index (κ3) is 7.47. The Labute approximate surface area is 217 Å². The normalized spacial score (nSPS) is 11.2. The van der Waals surface area contributed by atoms with Crippen LogP contribution in [0.1, 0.15) is 25.3 Å². The summed E-state index contributed by atoms with van der Waals surface area (Å²) in [5.41, 5.74) is 3.48. The van der Waals surface area contributed by atoms with Crippen molar-refractivity contribution in [3.8, 4) is 17.2 Å². The summed E-state index contributed by atoms with van der Waals surface area (Å²) in [4.78, 5) is 12.7. The molecule has 1 N–H and O–H groups in total. The molecule has 0 spiro atoms. The highest BCUT2D eigenvalue weighted by Gasteiger charge is 2.28. The van der Waals surface area contributed by atoms with E-state index in [1.165, 1.54) is 38.6 Å². The number of nitrogens with zero attached hydrogens (tertiary/aromatic N) is 2. The number of para-hydroxylation sites is 1. The first-order valence-corrected chi connectivity index (χ1v) is 13.2. The lowest BCUT2D eigenvalue weighted by molar-refractivity contribution is -0.119. The highest BCUT2D eigenvalue weighted by molar-refractivity contribution is 7.92. The van der Waals surface area contributed by atoms with Crippen molar-refractivity contribution < 1.29 is 27.4 Å². The van der Waals surface area contributed by atoms with Crippen molar-refractivity contribution in [2.75, 3.05) is 31.7 Å². The van der Waals surface area contributed by atoms with Gasteiger partial charge in [-0.2, -0.15) is 5.10 Å². The molecule has 0 aliphatic carbocycles. The van der Waals surface area contributed by atoms with Crippen molar-refractivity contribution in [1.29, 1.82) is 0 Å². The molecular weight excluding hydrogens is 494 g/mol. The van der Waals surface area contributed by atoms with Crippen molar-refractivity contribution in [2.45, 2.75) is 24.7 Å². The Morgan fingerprint density at radius 3 is 2.32 bits per heavy atom. The largest absolute Gasteiger partial charge is 0.494 e. The number of benzene rings is 3. The van der Waals surface area contributed by atoms with E-state index in [0.717, 1.165) is 28.5 Å². The molecule has 9 nitrogen and oxygen atoms in total. The summed E-state index contributed by atoms with van der Waals surface area (Å²) in [6.07, 6.45) is 3.52. The number of hydrogen-bond acceptors (Lipinski definition) is 7. The summed E-state index contributed by atoms with van der Waals surface area (Å²) >= 11 is 0. The number of sulfonamides is 1. The molecule has 196 valence electrons. The van der Waals surface area contributed by atoms with Crippen molar-refractivity contribution in [3.05, 3.63) is 78.4 Å². The molecular formula is C27H31N3O6S. The maximum Gasteiger partial charge on any atom is 0.264 e. The van der Waals surface area contributed by atoms with Gasteiger partial charge in [0.25, 0.3) is 15.9 Å². The van der Waals surface area contributed by atoms with Gasteiger partial charge in [-0.25, -0.2) is 13.8 Å². The highest BCUT2D eigenvalue weighted by Crippen LogP contribution is 2.32. The molecule has 10 heteroatoms. The van der Waals surface area contributed by atoms with Crippen LogP contribution in [0.3, 0.4) is 0 Å². The molecule has 0 saturated carbocycles. The summed E-state index contributed by atoms with van der Waals surface area (Å²) in [6.45, 7) is 2.27. The highest BCUT2D eigenvalue weighted by atomic mass is 32.2. The van der Waals surface area contributed by atoms with Crippen LogP contribution in [0.4, 0.5) is 5.69 Å². The van der Waals surface area contributed by atoms with Gasteiger partial charge in [0, 0.05) is 6.07 Å². The molecule has 0 bridgehead atoms. The van der Waals surface area contributed by atoms with Gasteiger partial charge in [-0.15, -0.1) is 0 Å². The molecule has 0 aliphatic heterocycles. The minimum absolute atomic E-state index is 0.0495. The molecule has 3 aromatic rings. The fourth-order valence-corrected chi connectivity index (χ4v) is 4.78. The van der Waals surface area contributed by atoms with E-state index in [-0.39, 0.29) is 10.6 Å². The van der Waals surface area contributed by atoms with Gasteiger partial charge in [-0.3, -0.25) is 9.10 Å². The topological polar surface area (TPSA) is 107 Å². The summed E-state index contributed by atoms with van der Waals surface area (Å²) < 4.78 is 44.2. The number of unbranched alkanes of at least 4 members (excludes halogenated alkanes) is 1. The standard InChI is InChI=1S/C27H31N3O6S/c1-4-5-17-36-23-13-11-21(12-14-23)19-28-29-27(31)20-30(22-9-7-6-8-10-22)37(32,33)24-15-16-25(34-2)26(18-24)35-3/h6-16,18-19H,4-5,17,20H2,1-3H3,(H,29,31)/b28-19-. The molecule has 0 saturated heterocycles. The summed E-state index contributed by atoms with van der Waals surface area (Å²) in [7, 11) is -1.25. The van der Waals surface area contributed by atoms with Crippen molar-refractivity contribution in [3.63, 3.8) is 0 Å². The van der Waals surface area contributed by atoms with Crippen LogP contribution in [0.2, 0.25) is 0 Å². The number of nitrogens with one attached hydrogen (secondary N) is 1. The van der Waals surface area contributed by atoms with Gasteiger partial charge in [-0.05, 0) is 60.5 Å². The lowest BCUT2D eigenvalue weighted by Crippen LogP contribution is -2.39. The zero-order chi connectivity index (χ0) is 26.7. The van der Waals surface area contributed by atoms with Crippen molar-refractivity contribution in [1.82, 2.24) is 5.43 Å². The number of methoxy groups -OCH3 is 2. The van der Waals surface area contributed by atoms with E-state index in [1.807, 2.05) is 24.3 Å². The lowest BCUT2D eigenvalue weighted by Gasteiger charge is -2.24. The van der Waals surface area contributed by atoms with E-state index < -0.39 is 22.5 Å². The van der Waals surface area contributed by atoms with E-state index in [1.54, 1.807) is 30.3 Å². The second-order valence-corrected chi connectivity index (χ2v) is 9.79. The van der Waals surface area contributed by atoms with Gasteiger partial charge in [0.05, 0.1) is 37.6 Å². The smallest absolute Gasteiger partial charge is 0.264 e. The number of ether oxygens (including phenoxy) is 3. The molecule has 0 atom stereocenters. The zero-order valence-electron chi connectivity index (χ0n) is 21.1. The molecule has 0 heterocycles. The fourth-order valence-electron chi connectivity index (χ4n) is 3.34. The van der Waals surface area contributed by atoms with Gasteiger partial charge in [0.1, 0.15) is 12.3 Å². The minimum Gasteiger partial charge on any atom is -0.494 e. The van der Waals surface area contributed by atoms with Crippen molar-refractivity contribution in [2.24, 2.45) is 5.10 Å². The molecule has 0 unspecified atom stereocenters. The Morgan fingerprint density at radius 1 is 0.973 bits per heavy atom. The molecule has 0 aromatic heterocycles. The van der Waals surface area contributed by atoms with Crippen LogP contribution < -0.4 is 23.9 Å². The van der Waals surface area contributed by atoms with E-state index >= 15 is 0 Å². The molecule has 3 rings (SSSR count). The lowest BCUT2D eigenvalue weighted by atomic mass is 10.2. The monoisotopic (exact) mass is 525 g/mol. The van der Waals surface area contributed by atoms with Gasteiger partial charge in [0.2, 0.25) is 0 Å². The first-order valence-electron chi connectivity index (χ1n) is 11.7. The fraction of sp³-hybridized carbons (Fsp3) is 0.259. The van der Waals surface area contributed by atoms with Gasteiger partial charge in [-0.1, -0.05) is 31.5 Å². The summed E-state index contributed by atoms with van der Waals surface area (Å²) in [6, 6.07) is 19.9. The Morgan fingerprint density at radius 2 is 1.68 bits per heavy atom.